The topological polar surface area (TPSA) is 87.0 Å². The molecule has 0 aromatic carbocycles. The van der Waals surface area contributed by atoms with Crippen LogP contribution in [-0.2, 0) is 0 Å². The molecule has 1 aromatic rings. The van der Waals surface area contributed by atoms with Crippen LogP contribution in [0.4, 0.5) is 9.80 Å². The van der Waals surface area contributed by atoms with Crippen molar-refractivity contribution < 1.29 is 9.53 Å². The average Bonchev–Trinajstić information content (AvgIpc) is 2.68. The molecule has 1 rings (SSSR count). The standard InChI is InChI=1S/C9H12N4O2S/c1-3-4-15-7-6(5-10)8(16-13-7)12-9(14)11-2/h3-4H2,1-2H3,(H2,11,12,14). The third-order valence-corrected chi connectivity index (χ3v) is 2.42. The number of aromatic nitrogens is 1. The molecule has 0 fully saturated rings. The van der Waals surface area contributed by atoms with Crippen molar-refractivity contribution in [1.29, 1.82) is 5.26 Å². The zero-order valence-electron chi connectivity index (χ0n) is 9.03. The van der Waals surface area contributed by atoms with Crippen molar-refractivity contribution in [2.75, 3.05) is 19.0 Å². The van der Waals surface area contributed by atoms with E-state index in [-0.39, 0.29) is 17.5 Å². The van der Waals surface area contributed by atoms with Crippen LogP contribution in [0.15, 0.2) is 0 Å². The number of amides is 2. The molecular weight excluding hydrogens is 228 g/mol. The Bertz CT molecular complexity index is 410. The van der Waals surface area contributed by atoms with E-state index in [4.69, 9.17) is 10.00 Å². The maximum atomic E-state index is 11.1. The molecule has 0 bridgehead atoms. The van der Waals surface area contributed by atoms with Crippen LogP contribution in [0.5, 0.6) is 5.88 Å². The Kier molecular flexibility index (Phi) is 4.54. The van der Waals surface area contributed by atoms with Gasteiger partial charge in [0.2, 0.25) is 5.88 Å². The van der Waals surface area contributed by atoms with Crippen LogP contribution in [-0.4, -0.2) is 24.1 Å². The summed E-state index contributed by atoms with van der Waals surface area (Å²) < 4.78 is 9.24. The van der Waals surface area contributed by atoms with E-state index in [1.165, 1.54) is 7.05 Å². The first-order valence-corrected chi connectivity index (χ1v) is 5.51. The lowest BCUT2D eigenvalue weighted by Gasteiger charge is -2.01. The van der Waals surface area contributed by atoms with Gasteiger partial charge in [-0.15, -0.1) is 0 Å². The molecule has 0 aliphatic carbocycles. The predicted octanol–water partition coefficient (Wildman–Crippen LogP) is 1.55. The zero-order chi connectivity index (χ0) is 12.0. The highest BCUT2D eigenvalue weighted by molar-refractivity contribution is 7.10. The van der Waals surface area contributed by atoms with Crippen LogP contribution < -0.4 is 15.4 Å². The van der Waals surface area contributed by atoms with E-state index in [9.17, 15) is 4.79 Å². The Balaban J connectivity index is 2.83. The Morgan fingerprint density at radius 2 is 2.44 bits per heavy atom. The predicted molar refractivity (Wildman–Crippen MR) is 60.7 cm³/mol. The molecule has 0 atom stereocenters. The highest BCUT2D eigenvalue weighted by atomic mass is 32.1. The van der Waals surface area contributed by atoms with E-state index in [2.05, 4.69) is 15.0 Å². The van der Waals surface area contributed by atoms with Crippen molar-refractivity contribution >= 4 is 22.6 Å². The van der Waals surface area contributed by atoms with Crippen LogP contribution in [0.2, 0.25) is 0 Å². The second-order valence-corrected chi connectivity index (χ2v) is 3.63. The maximum Gasteiger partial charge on any atom is 0.319 e. The molecule has 0 aliphatic heterocycles. The highest BCUT2D eigenvalue weighted by Crippen LogP contribution is 2.29. The maximum absolute atomic E-state index is 11.1. The van der Waals surface area contributed by atoms with Crippen molar-refractivity contribution in [2.24, 2.45) is 0 Å². The molecule has 1 aromatic heterocycles. The van der Waals surface area contributed by atoms with Gasteiger partial charge in [0.05, 0.1) is 6.61 Å². The molecule has 0 spiro atoms. The van der Waals surface area contributed by atoms with E-state index in [1.807, 2.05) is 13.0 Å². The number of hydrogen-bond acceptors (Lipinski definition) is 5. The van der Waals surface area contributed by atoms with E-state index < -0.39 is 0 Å². The molecule has 0 aliphatic rings. The number of nitriles is 1. The minimum absolute atomic E-state index is 0.266. The van der Waals surface area contributed by atoms with E-state index in [0.717, 1.165) is 18.0 Å². The van der Waals surface area contributed by atoms with Crippen LogP contribution >= 0.6 is 11.5 Å². The monoisotopic (exact) mass is 240 g/mol. The summed E-state index contributed by atoms with van der Waals surface area (Å²) in [6.45, 7) is 2.46. The van der Waals surface area contributed by atoms with E-state index >= 15 is 0 Å². The summed E-state index contributed by atoms with van der Waals surface area (Å²) in [6, 6.07) is 1.58. The SMILES string of the molecule is CCCOc1nsc(NC(=O)NC)c1C#N. The van der Waals surface area contributed by atoms with Crippen molar-refractivity contribution in [3.8, 4) is 11.9 Å². The summed E-state index contributed by atoms with van der Waals surface area (Å²) in [5.74, 6) is 0.278. The lowest BCUT2D eigenvalue weighted by molar-refractivity contribution is 0.254. The van der Waals surface area contributed by atoms with Gasteiger partial charge in [-0.1, -0.05) is 6.92 Å². The summed E-state index contributed by atoms with van der Waals surface area (Å²) in [5.41, 5.74) is 0.266. The molecule has 0 radical (unpaired) electrons. The van der Waals surface area contributed by atoms with E-state index in [1.54, 1.807) is 0 Å². The zero-order valence-corrected chi connectivity index (χ0v) is 9.85. The molecule has 2 amide bonds. The van der Waals surface area contributed by atoms with Crippen LogP contribution in [0.3, 0.4) is 0 Å². The third-order valence-electron chi connectivity index (χ3n) is 1.67. The fourth-order valence-electron chi connectivity index (χ4n) is 0.922. The minimum Gasteiger partial charge on any atom is -0.476 e. The molecule has 0 unspecified atom stereocenters. The Hall–Kier alpha value is -1.81. The Morgan fingerprint density at radius 1 is 1.69 bits per heavy atom. The molecule has 2 N–H and O–H groups in total. The number of hydrogen-bond donors (Lipinski definition) is 2. The molecule has 7 heteroatoms. The molecule has 6 nitrogen and oxygen atoms in total. The largest absolute Gasteiger partial charge is 0.476 e. The second-order valence-electron chi connectivity index (χ2n) is 2.86. The van der Waals surface area contributed by atoms with Crippen LogP contribution in [0.1, 0.15) is 18.9 Å². The summed E-state index contributed by atoms with van der Waals surface area (Å²) in [4.78, 5) is 11.1. The summed E-state index contributed by atoms with van der Waals surface area (Å²) in [6.07, 6.45) is 0.834. The van der Waals surface area contributed by atoms with Gasteiger partial charge < -0.3 is 10.1 Å². The smallest absolute Gasteiger partial charge is 0.319 e. The number of nitrogens with zero attached hydrogens (tertiary/aromatic N) is 2. The molecule has 0 saturated carbocycles. The summed E-state index contributed by atoms with van der Waals surface area (Å²) in [7, 11) is 1.50. The third kappa shape index (κ3) is 2.84. The van der Waals surface area contributed by atoms with Crippen LogP contribution in [0.25, 0.3) is 0 Å². The summed E-state index contributed by atoms with van der Waals surface area (Å²) >= 11 is 1.03. The summed E-state index contributed by atoms with van der Waals surface area (Å²) in [5, 5.41) is 14.2. The molecule has 16 heavy (non-hydrogen) atoms. The Labute approximate surface area is 97.4 Å². The van der Waals surface area contributed by atoms with Gasteiger partial charge in [0, 0.05) is 7.05 Å². The van der Waals surface area contributed by atoms with Gasteiger partial charge in [0.15, 0.2) is 5.56 Å². The molecule has 0 saturated heterocycles. The number of anilines is 1. The average molecular weight is 240 g/mol. The number of rotatable bonds is 4. The quantitative estimate of drug-likeness (QED) is 0.836. The molecule has 86 valence electrons. The number of carbonyl (C=O) groups is 1. The first kappa shape index (κ1) is 12.3. The van der Waals surface area contributed by atoms with Gasteiger partial charge in [0.25, 0.3) is 0 Å². The fourth-order valence-corrected chi connectivity index (χ4v) is 1.60. The van der Waals surface area contributed by atoms with Crippen molar-refractivity contribution in [1.82, 2.24) is 9.69 Å². The van der Waals surface area contributed by atoms with Gasteiger partial charge in [-0.2, -0.15) is 9.64 Å². The molecular formula is C9H12N4O2S. The van der Waals surface area contributed by atoms with Gasteiger partial charge >= 0.3 is 6.03 Å². The second kappa shape index (κ2) is 5.92. The highest BCUT2D eigenvalue weighted by Gasteiger charge is 2.16. The normalized spacial score (nSPS) is 9.31. The minimum atomic E-state index is -0.387. The van der Waals surface area contributed by atoms with Crippen molar-refractivity contribution in [2.45, 2.75) is 13.3 Å². The van der Waals surface area contributed by atoms with Crippen molar-refractivity contribution in [3.63, 3.8) is 0 Å². The van der Waals surface area contributed by atoms with Crippen molar-refractivity contribution in [3.05, 3.63) is 5.56 Å². The Morgan fingerprint density at radius 3 is 3.00 bits per heavy atom. The lowest BCUT2D eigenvalue weighted by atomic mass is 10.3. The number of carbonyl (C=O) groups excluding carboxylic acids is 1. The van der Waals surface area contributed by atoms with E-state index in [0.29, 0.717) is 11.6 Å². The van der Waals surface area contributed by atoms with Gasteiger partial charge in [-0.3, -0.25) is 5.32 Å². The van der Waals surface area contributed by atoms with Gasteiger partial charge in [-0.05, 0) is 18.0 Å². The molecule has 1 heterocycles. The number of ether oxygens (including phenoxy) is 1. The van der Waals surface area contributed by atoms with Crippen LogP contribution in [0, 0.1) is 11.3 Å². The fraction of sp³-hybridized carbons (Fsp3) is 0.444. The lowest BCUT2D eigenvalue weighted by Crippen LogP contribution is -2.24. The number of urea groups is 1. The first-order valence-electron chi connectivity index (χ1n) is 4.74. The first-order chi connectivity index (χ1) is 7.72. The number of nitrogens with one attached hydrogen (secondary N) is 2. The van der Waals surface area contributed by atoms with Gasteiger partial charge in [-0.25, -0.2) is 4.79 Å². The van der Waals surface area contributed by atoms with Gasteiger partial charge in [0.1, 0.15) is 11.1 Å².